The van der Waals surface area contributed by atoms with Crippen LogP contribution < -0.4 is 5.73 Å². The molecule has 0 bridgehead atoms. The number of rotatable bonds is 8. The topological polar surface area (TPSA) is 56.7 Å². The van der Waals surface area contributed by atoms with Crippen LogP contribution in [-0.4, -0.2) is 20.8 Å². The molecule has 2 aromatic heterocycles. The smallest absolute Gasteiger partial charge is 0.0640 e. The lowest BCUT2D eigenvalue weighted by Crippen LogP contribution is -2.24. The maximum atomic E-state index is 6.23. The molecule has 0 aromatic carbocycles. The molecule has 2 aromatic rings. The molecule has 0 amide bonds. The van der Waals surface area contributed by atoms with E-state index in [1.807, 2.05) is 18.3 Å². The number of hydrogen-bond donors (Lipinski definition) is 1. The summed E-state index contributed by atoms with van der Waals surface area (Å²) in [6.07, 6.45) is 8.84. The van der Waals surface area contributed by atoms with E-state index in [0.29, 0.717) is 6.04 Å². The zero-order valence-corrected chi connectivity index (χ0v) is 13.1. The zero-order valence-electron chi connectivity index (χ0n) is 13.1. The van der Waals surface area contributed by atoms with Crippen LogP contribution in [0.25, 0.3) is 0 Å². The molecule has 0 saturated carbocycles. The van der Waals surface area contributed by atoms with Gasteiger partial charge in [0.25, 0.3) is 0 Å². The van der Waals surface area contributed by atoms with Crippen LogP contribution in [0.2, 0.25) is 0 Å². The van der Waals surface area contributed by atoms with E-state index >= 15 is 0 Å². The molecule has 2 rings (SSSR count). The minimum absolute atomic E-state index is 0.136. The summed E-state index contributed by atoms with van der Waals surface area (Å²) >= 11 is 0. The van der Waals surface area contributed by atoms with Crippen molar-refractivity contribution in [2.75, 3.05) is 0 Å². The van der Waals surface area contributed by atoms with E-state index in [-0.39, 0.29) is 6.04 Å². The second kappa shape index (κ2) is 7.93. The van der Waals surface area contributed by atoms with E-state index < -0.39 is 0 Å². The molecule has 2 heterocycles. The van der Waals surface area contributed by atoms with Crippen LogP contribution in [0.3, 0.4) is 0 Å². The summed E-state index contributed by atoms with van der Waals surface area (Å²) in [5, 5.41) is 4.67. The van der Waals surface area contributed by atoms with Gasteiger partial charge in [-0.15, -0.1) is 0 Å². The van der Waals surface area contributed by atoms with Crippen LogP contribution in [0.15, 0.2) is 36.7 Å². The Kier molecular flexibility index (Phi) is 5.93. The van der Waals surface area contributed by atoms with Gasteiger partial charge in [-0.2, -0.15) is 5.10 Å². The van der Waals surface area contributed by atoms with Gasteiger partial charge in [0, 0.05) is 30.6 Å². The lowest BCUT2D eigenvalue weighted by atomic mass is 10.1. The van der Waals surface area contributed by atoms with E-state index in [2.05, 4.69) is 46.9 Å². The first-order chi connectivity index (χ1) is 10.2. The van der Waals surface area contributed by atoms with Gasteiger partial charge in [-0.05, 0) is 43.9 Å². The average molecular weight is 286 g/mol. The van der Waals surface area contributed by atoms with Crippen molar-refractivity contribution < 1.29 is 0 Å². The van der Waals surface area contributed by atoms with Crippen molar-refractivity contribution in [3.8, 4) is 0 Å². The summed E-state index contributed by atoms with van der Waals surface area (Å²) in [4.78, 5) is 4.33. The zero-order chi connectivity index (χ0) is 15.1. The molecule has 114 valence electrons. The third-order valence-electron chi connectivity index (χ3n) is 3.95. The first kappa shape index (κ1) is 15.7. The molecule has 0 spiro atoms. The van der Waals surface area contributed by atoms with Crippen molar-refractivity contribution in [1.82, 2.24) is 14.8 Å². The molecule has 1 unspecified atom stereocenters. The van der Waals surface area contributed by atoms with Gasteiger partial charge >= 0.3 is 0 Å². The molecule has 0 aliphatic carbocycles. The first-order valence-electron chi connectivity index (χ1n) is 7.92. The van der Waals surface area contributed by atoms with Crippen LogP contribution in [0.5, 0.6) is 0 Å². The Morgan fingerprint density at radius 3 is 2.62 bits per heavy atom. The van der Waals surface area contributed by atoms with Gasteiger partial charge in [0.15, 0.2) is 0 Å². The van der Waals surface area contributed by atoms with Crippen LogP contribution in [0.1, 0.15) is 50.5 Å². The molecule has 1 atom stereocenters. The van der Waals surface area contributed by atoms with Crippen molar-refractivity contribution in [2.45, 2.75) is 58.0 Å². The van der Waals surface area contributed by atoms with Crippen molar-refractivity contribution in [3.63, 3.8) is 0 Å². The number of nitrogens with zero attached hydrogens (tertiary/aromatic N) is 3. The van der Waals surface area contributed by atoms with E-state index in [0.717, 1.165) is 43.5 Å². The summed E-state index contributed by atoms with van der Waals surface area (Å²) in [6.45, 7) is 4.40. The fourth-order valence-corrected chi connectivity index (χ4v) is 2.60. The van der Waals surface area contributed by atoms with Gasteiger partial charge in [0.1, 0.15) is 0 Å². The highest BCUT2D eigenvalue weighted by molar-refractivity contribution is 5.05. The van der Waals surface area contributed by atoms with Crippen molar-refractivity contribution in [3.05, 3.63) is 48.0 Å². The summed E-state index contributed by atoms with van der Waals surface area (Å²) in [5.41, 5.74) is 8.43. The minimum Gasteiger partial charge on any atom is -0.327 e. The van der Waals surface area contributed by atoms with Gasteiger partial charge in [-0.1, -0.05) is 19.9 Å². The summed E-state index contributed by atoms with van der Waals surface area (Å²) < 4.78 is 2.08. The van der Waals surface area contributed by atoms with E-state index in [9.17, 15) is 0 Å². The van der Waals surface area contributed by atoms with Gasteiger partial charge in [-0.3, -0.25) is 9.67 Å². The highest BCUT2D eigenvalue weighted by atomic mass is 15.3. The average Bonchev–Trinajstić information content (AvgIpc) is 2.96. The van der Waals surface area contributed by atoms with Gasteiger partial charge in [0.05, 0.1) is 11.7 Å². The molecule has 4 nitrogen and oxygen atoms in total. The Bertz CT molecular complexity index is 517. The summed E-state index contributed by atoms with van der Waals surface area (Å²) in [7, 11) is 0. The number of pyridine rings is 1. The molecule has 0 saturated heterocycles. The van der Waals surface area contributed by atoms with Crippen LogP contribution in [0.4, 0.5) is 0 Å². The van der Waals surface area contributed by atoms with Gasteiger partial charge < -0.3 is 5.73 Å². The Morgan fingerprint density at radius 2 is 1.95 bits per heavy atom. The molecule has 0 fully saturated rings. The molecule has 0 radical (unpaired) electrons. The van der Waals surface area contributed by atoms with Crippen molar-refractivity contribution >= 4 is 0 Å². The molecule has 0 aliphatic rings. The largest absolute Gasteiger partial charge is 0.327 e. The number of aromatic nitrogens is 3. The molecular formula is C17H26N4. The minimum atomic E-state index is 0.136. The second-order valence-electron chi connectivity index (χ2n) is 5.58. The number of nitrogens with two attached hydrogens (primary N) is 1. The normalized spacial score (nSPS) is 12.8. The molecule has 4 heteroatoms. The quantitative estimate of drug-likeness (QED) is 0.811. The third kappa shape index (κ3) is 4.67. The predicted octanol–water partition coefficient (Wildman–Crippen LogP) is 3.14. The van der Waals surface area contributed by atoms with E-state index in [1.54, 1.807) is 0 Å². The predicted molar refractivity (Wildman–Crippen MR) is 86.1 cm³/mol. The SMILES string of the molecule is CCC(CC)n1ccc(CC(N)CCc2ccccn2)n1. The van der Waals surface area contributed by atoms with E-state index in [1.165, 1.54) is 0 Å². The van der Waals surface area contributed by atoms with Crippen molar-refractivity contribution in [1.29, 1.82) is 0 Å². The Morgan fingerprint density at radius 1 is 1.14 bits per heavy atom. The Labute approximate surface area is 127 Å². The maximum Gasteiger partial charge on any atom is 0.0640 e. The summed E-state index contributed by atoms with van der Waals surface area (Å²) in [5.74, 6) is 0. The lowest BCUT2D eigenvalue weighted by molar-refractivity contribution is 0.424. The second-order valence-corrected chi connectivity index (χ2v) is 5.58. The highest BCUT2D eigenvalue weighted by Crippen LogP contribution is 2.15. The molecule has 2 N–H and O–H groups in total. The van der Waals surface area contributed by atoms with Gasteiger partial charge in [0.2, 0.25) is 0 Å². The maximum absolute atomic E-state index is 6.23. The van der Waals surface area contributed by atoms with Crippen molar-refractivity contribution in [2.24, 2.45) is 5.73 Å². The molecule has 0 aliphatic heterocycles. The molecule has 21 heavy (non-hydrogen) atoms. The first-order valence-corrected chi connectivity index (χ1v) is 7.92. The monoisotopic (exact) mass is 286 g/mol. The number of hydrogen-bond acceptors (Lipinski definition) is 3. The Balaban J connectivity index is 1.84. The fraction of sp³-hybridized carbons (Fsp3) is 0.529. The molecular weight excluding hydrogens is 260 g/mol. The van der Waals surface area contributed by atoms with Crippen LogP contribution >= 0.6 is 0 Å². The van der Waals surface area contributed by atoms with E-state index in [4.69, 9.17) is 5.73 Å². The number of aryl methyl sites for hydroxylation is 1. The Hall–Kier alpha value is -1.68. The lowest BCUT2D eigenvalue weighted by Gasteiger charge is -2.13. The van der Waals surface area contributed by atoms with Crippen LogP contribution in [0, 0.1) is 0 Å². The van der Waals surface area contributed by atoms with Gasteiger partial charge in [-0.25, -0.2) is 0 Å². The van der Waals surface area contributed by atoms with Crippen LogP contribution in [-0.2, 0) is 12.8 Å². The fourth-order valence-electron chi connectivity index (χ4n) is 2.60. The summed E-state index contributed by atoms with van der Waals surface area (Å²) in [6, 6.07) is 8.74. The standard InChI is InChI=1S/C17H26N4/c1-3-17(4-2)21-12-10-16(20-21)13-14(18)8-9-15-7-5-6-11-19-15/h5-7,10-12,14,17H,3-4,8-9,13,18H2,1-2H3. The highest BCUT2D eigenvalue weighted by Gasteiger charge is 2.11. The third-order valence-corrected chi connectivity index (χ3v) is 3.95.